The Hall–Kier alpha value is -1.76. The van der Waals surface area contributed by atoms with Gasteiger partial charge in [-0.1, -0.05) is 17.7 Å². The van der Waals surface area contributed by atoms with E-state index in [1.54, 1.807) is 7.35 Å². The normalized spacial score (nSPS) is 11.1. The predicted octanol–water partition coefficient (Wildman–Crippen LogP) is 2.88. The number of hydrogen-bond acceptors (Lipinski definition) is 2. The third-order valence-corrected chi connectivity index (χ3v) is 4.04. The number of halogens is 1. The number of nitrogen functional groups attached to an aromatic ring is 1. The number of nitrogens with two attached hydrogens (primary N) is 1. The average molecular weight is 365 g/mol. The van der Waals surface area contributed by atoms with E-state index in [0.29, 0.717) is 5.69 Å². The van der Waals surface area contributed by atoms with Crippen LogP contribution < -0.4 is 11.4 Å². The first-order valence-electron chi connectivity index (χ1n) is 5.84. The number of nitrogens with zero attached hydrogens (tertiary/aromatic N) is 2. The second-order valence-corrected chi connectivity index (χ2v) is 5.45. The number of benzene rings is 2. The fourth-order valence-corrected chi connectivity index (χ4v) is 2.73. The molecule has 4 nitrogen and oxygen atoms in total. The highest BCUT2D eigenvalue weighted by atomic mass is 127. The van der Waals surface area contributed by atoms with Crippen LogP contribution in [0.2, 0.25) is 0 Å². The number of imidazole rings is 1. The Morgan fingerprint density at radius 1 is 1.05 bits per heavy atom. The van der Waals surface area contributed by atoms with Crippen LogP contribution >= 0.6 is 22.9 Å². The predicted molar refractivity (Wildman–Crippen MR) is 86.1 cm³/mol. The molecule has 0 fully saturated rings. The van der Waals surface area contributed by atoms with Gasteiger partial charge in [-0.3, -0.25) is 4.57 Å². The molecule has 0 amide bonds. The molecule has 0 bridgehead atoms. The molecule has 0 aliphatic rings. The van der Waals surface area contributed by atoms with Gasteiger partial charge in [0.25, 0.3) is 0 Å². The minimum Gasteiger partial charge on any atom is -0.399 e. The van der Waals surface area contributed by atoms with Crippen LogP contribution in [0.1, 0.15) is 5.56 Å². The molecule has 0 saturated heterocycles. The van der Waals surface area contributed by atoms with Crippen molar-refractivity contribution in [1.29, 1.82) is 0 Å². The summed E-state index contributed by atoms with van der Waals surface area (Å²) in [4.78, 5) is 12.4. The molecule has 0 saturated carbocycles. The molecular weight excluding hydrogens is 353 g/mol. The van der Waals surface area contributed by atoms with E-state index < -0.39 is 0 Å². The van der Waals surface area contributed by atoms with Crippen molar-refractivity contribution < 1.29 is 0 Å². The van der Waals surface area contributed by atoms with Gasteiger partial charge in [-0.05, 0) is 37.3 Å². The van der Waals surface area contributed by atoms with Gasteiger partial charge in [0.15, 0.2) is 0 Å². The van der Waals surface area contributed by atoms with Crippen LogP contribution in [0.25, 0.3) is 16.7 Å². The number of aromatic nitrogens is 2. The second-order valence-electron chi connectivity index (χ2n) is 4.48. The fourth-order valence-electron chi connectivity index (χ4n) is 2.12. The lowest BCUT2D eigenvalue weighted by Gasteiger charge is -2.03. The SMILES string of the molecule is Cc1ccc(-n2c(=O)n(I)c3cc(N)ccc32)cc1. The Morgan fingerprint density at radius 2 is 1.74 bits per heavy atom. The monoisotopic (exact) mass is 365 g/mol. The minimum absolute atomic E-state index is 0.0787. The van der Waals surface area contributed by atoms with E-state index in [1.807, 2.05) is 72.3 Å². The molecule has 0 aliphatic heterocycles. The highest BCUT2D eigenvalue weighted by Crippen LogP contribution is 2.21. The zero-order chi connectivity index (χ0) is 13.6. The second kappa shape index (κ2) is 4.41. The van der Waals surface area contributed by atoms with Gasteiger partial charge >= 0.3 is 5.69 Å². The van der Waals surface area contributed by atoms with E-state index in [0.717, 1.165) is 16.7 Å². The summed E-state index contributed by atoms with van der Waals surface area (Å²) < 4.78 is 3.28. The molecule has 96 valence electrons. The Morgan fingerprint density at radius 3 is 2.42 bits per heavy atom. The molecule has 1 heterocycles. The Balaban J connectivity index is 2.38. The molecule has 3 rings (SSSR count). The molecule has 5 heteroatoms. The molecule has 2 N–H and O–H groups in total. The first kappa shape index (κ1) is 12.3. The number of aryl methyl sites for hydroxylation is 1. The first-order valence-corrected chi connectivity index (χ1v) is 6.80. The van der Waals surface area contributed by atoms with Gasteiger partial charge in [-0.15, -0.1) is 0 Å². The number of fused-ring (bicyclic) bond motifs is 1. The van der Waals surface area contributed by atoms with Gasteiger partial charge in [0.05, 0.1) is 39.6 Å². The molecule has 0 radical (unpaired) electrons. The van der Waals surface area contributed by atoms with Crippen molar-refractivity contribution in [3.63, 3.8) is 0 Å². The third kappa shape index (κ3) is 1.94. The smallest absolute Gasteiger partial charge is 0.342 e. The summed E-state index contributed by atoms with van der Waals surface area (Å²) in [5.74, 6) is 0. The van der Waals surface area contributed by atoms with Crippen molar-refractivity contribution in [3.8, 4) is 5.69 Å². The molecule has 0 aliphatic carbocycles. The van der Waals surface area contributed by atoms with Gasteiger partial charge in [-0.2, -0.15) is 0 Å². The maximum Gasteiger partial charge on any atom is 0.342 e. The van der Waals surface area contributed by atoms with Crippen molar-refractivity contribution in [3.05, 3.63) is 58.5 Å². The van der Waals surface area contributed by atoms with E-state index in [2.05, 4.69) is 0 Å². The molecular formula is C14H12IN3O. The van der Waals surface area contributed by atoms with E-state index in [1.165, 1.54) is 5.56 Å². The summed E-state index contributed by atoms with van der Waals surface area (Å²) in [5.41, 5.74) is 10.1. The van der Waals surface area contributed by atoms with Gasteiger partial charge in [-0.25, -0.2) is 7.58 Å². The van der Waals surface area contributed by atoms with Crippen molar-refractivity contribution >= 4 is 39.6 Å². The Bertz CT molecular complexity index is 815. The highest BCUT2D eigenvalue weighted by molar-refractivity contribution is 14.1. The zero-order valence-corrected chi connectivity index (χ0v) is 12.5. The van der Waals surface area contributed by atoms with Crippen LogP contribution in [0.3, 0.4) is 0 Å². The van der Waals surface area contributed by atoms with Crippen LogP contribution in [-0.2, 0) is 0 Å². The summed E-state index contributed by atoms with van der Waals surface area (Å²) in [6, 6.07) is 13.4. The van der Waals surface area contributed by atoms with Crippen molar-refractivity contribution in [2.75, 3.05) is 5.73 Å². The van der Waals surface area contributed by atoms with Gasteiger partial charge in [0, 0.05) is 5.69 Å². The third-order valence-electron chi connectivity index (χ3n) is 3.10. The summed E-state index contributed by atoms with van der Waals surface area (Å²) in [7, 11) is 0. The number of rotatable bonds is 1. The van der Waals surface area contributed by atoms with Crippen LogP contribution in [0, 0.1) is 6.92 Å². The van der Waals surface area contributed by atoms with Gasteiger partial charge in [0.1, 0.15) is 0 Å². The van der Waals surface area contributed by atoms with Crippen LogP contribution in [0.5, 0.6) is 0 Å². The van der Waals surface area contributed by atoms with Crippen molar-refractivity contribution in [2.24, 2.45) is 0 Å². The maximum atomic E-state index is 12.4. The van der Waals surface area contributed by atoms with Gasteiger partial charge in [0.2, 0.25) is 0 Å². The first-order chi connectivity index (χ1) is 9.08. The summed E-state index contributed by atoms with van der Waals surface area (Å²) in [5, 5.41) is 0. The Labute approximate surface area is 124 Å². The largest absolute Gasteiger partial charge is 0.399 e. The summed E-state index contributed by atoms with van der Waals surface area (Å²) >= 11 is 2.00. The van der Waals surface area contributed by atoms with Crippen LogP contribution in [-0.4, -0.2) is 7.35 Å². The molecule has 19 heavy (non-hydrogen) atoms. The van der Waals surface area contributed by atoms with Crippen LogP contribution in [0.4, 0.5) is 5.69 Å². The van der Waals surface area contributed by atoms with Gasteiger partial charge < -0.3 is 5.73 Å². The quantitative estimate of drug-likeness (QED) is 0.533. The molecule has 0 atom stereocenters. The lowest BCUT2D eigenvalue weighted by molar-refractivity contribution is 1.01. The topological polar surface area (TPSA) is 53.0 Å². The zero-order valence-electron chi connectivity index (χ0n) is 10.3. The van der Waals surface area contributed by atoms with E-state index in [9.17, 15) is 4.79 Å². The van der Waals surface area contributed by atoms with Crippen molar-refractivity contribution in [2.45, 2.75) is 6.92 Å². The summed E-state index contributed by atoms with van der Waals surface area (Å²) in [6.07, 6.45) is 0. The van der Waals surface area contributed by atoms with E-state index in [4.69, 9.17) is 5.73 Å². The highest BCUT2D eigenvalue weighted by Gasteiger charge is 2.13. The summed E-state index contributed by atoms with van der Waals surface area (Å²) in [6.45, 7) is 2.02. The van der Waals surface area contributed by atoms with Crippen molar-refractivity contribution in [1.82, 2.24) is 7.35 Å². The standard InChI is InChI=1S/C14H12IN3O/c1-9-2-5-11(6-3-9)17-12-7-4-10(16)8-13(12)18(15)14(17)19/h2-8H,16H2,1H3. The minimum atomic E-state index is -0.0787. The molecule has 2 aromatic carbocycles. The van der Waals surface area contributed by atoms with Crippen LogP contribution in [0.15, 0.2) is 47.3 Å². The lowest BCUT2D eigenvalue weighted by atomic mass is 10.2. The lowest BCUT2D eigenvalue weighted by Crippen LogP contribution is -2.18. The Kier molecular flexibility index (Phi) is 2.85. The van der Waals surface area contributed by atoms with E-state index in [-0.39, 0.29) is 5.69 Å². The molecule has 0 spiro atoms. The number of hydrogen-bond donors (Lipinski definition) is 1. The average Bonchev–Trinajstić information content (AvgIpc) is 2.64. The number of anilines is 1. The fraction of sp³-hybridized carbons (Fsp3) is 0.0714. The van der Waals surface area contributed by atoms with E-state index >= 15 is 0 Å². The molecule has 1 aromatic heterocycles. The molecule has 0 unspecified atom stereocenters. The molecule has 3 aromatic rings. The maximum absolute atomic E-state index is 12.4.